The zero-order chi connectivity index (χ0) is 10.8. The van der Waals surface area contributed by atoms with E-state index >= 15 is 0 Å². The van der Waals surface area contributed by atoms with E-state index in [1.807, 2.05) is 0 Å². The molecule has 1 N–H and O–H groups in total. The molecule has 3 heteroatoms. The third-order valence-corrected chi connectivity index (χ3v) is 3.20. The molecule has 0 aromatic heterocycles. The maximum atomic E-state index is 11.5. The lowest BCUT2D eigenvalue weighted by molar-refractivity contribution is -0.123. The van der Waals surface area contributed by atoms with Crippen molar-refractivity contribution in [3.63, 3.8) is 0 Å². The molecule has 1 aromatic rings. The van der Waals surface area contributed by atoms with Crippen LogP contribution in [-0.4, -0.2) is 10.9 Å². The van der Waals surface area contributed by atoms with Crippen LogP contribution in [0.3, 0.4) is 0 Å². The van der Waals surface area contributed by atoms with Crippen molar-refractivity contribution in [1.82, 2.24) is 0 Å². The average molecular weight is 225 g/mol. The minimum Gasteiger partial charge on any atom is -0.388 e. The number of carbonyl (C=O) groups is 1. The smallest absolute Gasteiger partial charge is 0.138 e. The van der Waals surface area contributed by atoms with E-state index in [0.29, 0.717) is 11.4 Å². The molecule has 2 nitrogen and oxygen atoms in total. The van der Waals surface area contributed by atoms with Crippen molar-refractivity contribution in [2.75, 3.05) is 0 Å². The minimum absolute atomic E-state index is 0.178. The maximum Gasteiger partial charge on any atom is 0.138 e. The fourth-order valence-electron chi connectivity index (χ4n) is 2.07. The van der Waals surface area contributed by atoms with Gasteiger partial charge in [0, 0.05) is 17.4 Å². The molecular formula is C12H13ClO2. The van der Waals surface area contributed by atoms with E-state index in [4.69, 9.17) is 11.6 Å². The van der Waals surface area contributed by atoms with Crippen LogP contribution in [0.1, 0.15) is 30.9 Å². The zero-order valence-corrected chi connectivity index (χ0v) is 9.07. The van der Waals surface area contributed by atoms with Crippen molar-refractivity contribution < 1.29 is 9.90 Å². The molecule has 2 rings (SSSR count). The Morgan fingerprint density at radius 2 is 2.00 bits per heavy atom. The molecular weight excluding hydrogens is 212 g/mol. The summed E-state index contributed by atoms with van der Waals surface area (Å²) in [5, 5.41) is 10.7. The van der Waals surface area contributed by atoms with Gasteiger partial charge in [-0.1, -0.05) is 23.7 Å². The third kappa shape index (κ3) is 2.21. The van der Waals surface area contributed by atoms with Crippen LogP contribution in [0.15, 0.2) is 24.3 Å². The minimum atomic E-state index is -0.669. The lowest BCUT2D eigenvalue weighted by atomic mass is 9.94. The SMILES string of the molecule is O=C1CCC[C@@H]1[C@@H](O)c1ccc(Cl)cc1. The summed E-state index contributed by atoms with van der Waals surface area (Å²) in [7, 11) is 0. The highest BCUT2D eigenvalue weighted by atomic mass is 35.5. The number of halogens is 1. The number of hydrogen-bond donors (Lipinski definition) is 1. The molecule has 0 bridgehead atoms. The van der Waals surface area contributed by atoms with Gasteiger partial charge in [0.15, 0.2) is 0 Å². The Hall–Kier alpha value is -0.860. The largest absolute Gasteiger partial charge is 0.388 e. The van der Waals surface area contributed by atoms with E-state index in [0.717, 1.165) is 18.4 Å². The third-order valence-electron chi connectivity index (χ3n) is 2.94. The van der Waals surface area contributed by atoms with Gasteiger partial charge >= 0.3 is 0 Å². The Kier molecular flexibility index (Phi) is 3.08. The van der Waals surface area contributed by atoms with Gasteiger partial charge in [-0.3, -0.25) is 4.79 Å². The molecule has 0 heterocycles. The predicted molar refractivity (Wildman–Crippen MR) is 58.8 cm³/mol. The van der Waals surface area contributed by atoms with E-state index < -0.39 is 6.10 Å². The second-order valence-electron chi connectivity index (χ2n) is 3.96. The summed E-state index contributed by atoms with van der Waals surface area (Å²) in [6, 6.07) is 7.02. The molecule has 0 radical (unpaired) electrons. The molecule has 0 amide bonds. The van der Waals surface area contributed by atoms with Crippen LogP contribution in [0.5, 0.6) is 0 Å². The molecule has 0 unspecified atom stereocenters. The van der Waals surface area contributed by atoms with Gasteiger partial charge in [-0.05, 0) is 30.5 Å². The molecule has 0 saturated heterocycles. The molecule has 1 fully saturated rings. The Labute approximate surface area is 93.9 Å². The van der Waals surface area contributed by atoms with Crippen LogP contribution in [-0.2, 0) is 4.79 Å². The number of Topliss-reactive ketones (excluding diaryl/α,β-unsaturated/α-hetero) is 1. The number of aliphatic hydroxyl groups is 1. The van der Waals surface area contributed by atoms with Crippen molar-refractivity contribution in [2.45, 2.75) is 25.4 Å². The summed E-state index contributed by atoms with van der Waals surface area (Å²) in [6.07, 6.45) is 1.63. The first-order chi connectivity index (χ1) is 7.18. The van der Waals surface area contributed by atoms with Crippen molar-refractivity contribution in [1.29, 1.82) is 0 Å². The Balaban J connectivity index is 2.16. The lowest BCUT2D eigenvalue weighted by Gasteiger charge is -2.16. The topological polar surface area (TPSA) is 37.3 Å². The fourth-order valence-corrected chi connectivity index (χ4v) is 2.19. The van der Waals surface area contributed by atoms with Crippen molar-refractivity contribution in [3.8, 4) is 0 Å². The van der Waals surface area contributed by atoms with Crippen LogP contribution in [0.25, 0.3) is 0 Å². The maximum absolute atomic E-state index is 11.5. The summed E-state index contributed by atoms with van der Waals surface area (Å²) < 4.78 is 0. The van der Waals surface area contributed by atoms with Gasteiger partial charge in [-0.25, -0.2) is 0 Å². The number of rotatable bonds is 2. The number of aliphatic hydroxyl groups excluding tert-OH is 1. The number of carbonyl (C=O) groups excluding carboxylic acids is 1. The number of ketones is 1. The molecule has 2 atom stereocenters. The first-order valence-corrected chi connectivity index (χ1v) is 5.52. The van der Waals surface area contributed by atoms with Crippen LogP contribution in [0.4, 0.5) is 0 Å². The van der Waals surface area contributed by atoms with Gasteiger partial charge < -0.3 is 5.11 Å². The van der Waals surface area contributed by atoms with E-state index in [1.54, 1.807) is 24.3 Å². The van der Waals surface area contributed by atoms with Crippen LogP contribution < -0.4 is 0 Å². The molecule has 1 aliphatic carbocycles. The molecule has 1 aromatic carbocycles. The van der Waals surface area contributed by atoms with E-state index in [9.17, 15) is 9.90 Å². The predicted octanol–water partition coefficient (Wildman–Crippen LogP) is 2.74. The van der Waals surface area contributed by atoms with Crippen molar-refractivity contribution in [3.05, 3.63) is 34.9 Å². The van der Waals surface area contributed by atoms with Crippen LogP contribution in [0.2, 0.25) is 5.02 Å². The van der Waals surface area contributed by atoms with Crippen LogP contribution in [0, 0.1) is 5.92 Å². The quantitative estimate of drug-likeness (QED) is 0.839. The lowest BCUT2D eigenvalue weighted by Crippen LogP contribution is -2.16. The van der Waals surface area contributed by atoms with E-state index in [2.05, 4.69) is 0 Å². The Bertz CT molecular complexity index is 358. The van der Waals surface area contributed by atoms with Crippen molar-refractivity contribution >= 4 is 17.4 Å². The summed E-state index contributed by atoms with van der Waals surface area (Å²) in [6.45, 7) is 0. The Morgan fingerprint density at radius 3 is 2.53 bits per heavy atom. The molecule has 1 saturated carbocycles. The average Bonchev–Trinajstić information content (AvgIpc) is 2.65. The van der Waals surface area contributed by atoms with Crippen LogP contribution >= 0.6 is 11.6 Å². The first-order valence-electron chi connectivity index (χ1n) is 5.15. The zero-order valence-electron chi connectivity index (χ0n) is 8.32. The second kappa shape index (κ2) is 4.33. The van der Waals surface area contributed by atoms with Gasteiger partial charge in [0.2, 0.25) is 0 Å². The summed E-state index contributed by atoms with van der Waals surface area (Å²) in [5.74, 6) is -0.0383. The highest BCUT2D eigenvalue weighted by Crippen LogP contribution is 2.33. The van der Waals surface area contributed by atoms with E-state index in [-0.39, 0.29) is 11.7 Å². The van der Waals surface area contributed by atoms with Gasteiger partial charge in [0.1, 0.15) is 5.78 Å². The fraction of sp³-hybridized carbons (Fsp3) is 0.417. The van der Waals surface area contributed by atoms with Gasteiger partial charge in [-0.2, -0.15) is 0 Å². The molecule has 0 spiro atoms. The highest BCUT2D eigenvalue weighted by molar-refractivity contribution is 6.30. The molecule has 1 aliphatic rings. The summed E-state index contributed by atoms with van der Waals surface area (Å²) >= 11 is 5.76. The molecule has 15 heavy (non-hydrogen) atoms. The number of benzene rings is 1. The second-order valence-corrected chi connectivity index (χ2v) is 4.40. The monoisotopic (exact) mass is 224 g/mol. The first kappa shape index (κ1) is 10.7. The van der Waals surface area contributed by atoms with Gasteiger partial charge in [-0.15, -0.1) is 0 Å². The normalized spacial score (nSPS) is 23.1. The van der Waals surface area contributed by atoms with Gasteiger partial charge in [0.05, 0.1) is 6.10 Å². The number of hydrogen-bond acceptors (Lipinski definition) is 2. The van der Waals surface area contributed by atoms with E-state index in [1.165, 1.54) is 0 Å². The summed E-state index contributed by atoms with van der Waals surface area (Å²) in [5.41, 5.74) is 0.777. The van der Waals surface area contributed by atoms with Gasteiger partial charge in [0.25, 0.3) is 0 Å². The summed E-state index contributed by atoms with van der Waals surface area (Å²) in [4.78, 5) is 11.5. The highest BCUT2D eigenvalue weighted by Gasteiger charge is 2.31. The molecule has 80 valence electrons. The standard InChI is InChI=1S/C12H13ClO2/c13-9-6-4-8(5-7-9)12(15)10-2-1-3-11(10)14/h4-7,10,12,15H,1-3H2/t10-,12-/m0/s1. The Morgan fingerprint density at radius 1 is 1.33 bits per heavy atom. The molecule has 0 aliphatic heterocycles. The van der Waals surface area contributed by atoms with Crippen molar-refractivity contribution in [2.24, 2.45) is 5.92 Å².